The van der Waals surface area contributed by atoms with Crippen LogP contribution in [0, 0.1) is 11.8 Å². The molecule has 0 bridgehead atoms. The van der Waals surface area contributed by atoms with Crippen molar-refractivity contribution in [2.75, 3.05) is 5.33 Å². The molecule has 0 aromatic rings. The zero-order valence-electron chi connectivity index (χ0n) is 12.0. The van der Waals surface area contributed by atoms with E-state index in [0.717, 1.165) is 12.8 Å². The molecule has 0 aliphatic heterocycles. The molecule has 0 spiro atoms. The predicted octanol–water partition coefficient (Wildman–Crippen LogP) is 6.25. The van der Waals surface area contributed by atoms with E-state index in [2.05, 4.69) is 40.8 Å². The molecule has 104 valence electrons. The molecule has 0 atom stereocenters. The van der Waals surface area contributed by atoms with Gasteiger partial charge in [-0.15, -0.1) is 0 Å². The van der Waals surface area contributed by atoms with Gasteiger partial charge in [-0.25, -0.2) is 0 Å². The largest absolute Gasteiger partial charge is 0.0985 e. The summed E-state index contributed by atoms with van der Waals surface area (Å²) in [6.07, 6.45) is 18.7. The highest BCUT2D eigenvalue weighted by Crippen LogP contribution is 2.10. The Kier molecular flexibility index (Phi) is 16.6. The average Bonchev–Trinajstić information content (AvgIpc) is 2.39. The van der Waals surface area contributed by atoms with Crippen LogP contribution in [-0.4, -0.2) is 5.33 Å². The molecule has 0 aliphatic carbocycles. The summed E-state index contributed by atoms with van der Waals surface area (Å²) < 4.78 is 0. The molecular weight excluding hydrogens is 284 g/mol. The maximum absolute atomic E-state index is 3.47. The van der Waals surface area contributed by atoms with Gasteiger partial charge in [-0.3, -0.25) is 0 Å². The molecule has 0 unspecified atom stereocenters. The van der Waals surface area contributed by atoms with Gasteiger partial charge in [-0.1, -0.05) is 85.7 Å². The number of hydrogen-bond acceptors (Lipinski definition) is 0. The Bertz CT molecular complexity index is 232. The topological polar surface area (TPSA) is 0 Å². The first-order valence-corrected chi connectivity index (χ1v) is 8.73. The van der Waals surface area contributed by atoms with Gasteiger partial charge in [0.2, 0.25) is 0 Å². The maximum Gasteiger partial charge on any atom is 0.00922 e. The van der Waals surface area contributed by atoms with Crippen LogP contribution >= 0.6 is 15.9 Å². The van der Waals surface area contributed by atoms with E-state index < -0.39 is 0 Å². The molecule has 0 fully saturated rings. The van der Waals surface area contributed by atoms with Crippen LogP contribution in [-0.2, 0) is 0 Å². The lowest BCUT2D eigenvalue weighted by Gasteiger charge is -2.00. The second-order valence-corrected chi connectivity index (χ2v) is 5.55. The van der Waals surface area contributed by atoms with E-state index in [-0.39, 0.29) is 0 Å². The Hall–Kier alpha value is -0.220. The summed E-state index contributed by atoms with van der Waals surface area (Å²) in [5, 5.41) is 1.17. The van der Waals surface area contributed by atoms with Crippen LogP contribution in [0.3, 0.4) is 0 Å². The van der Waals surface area contributed by atoms with E-state index in [9.17, 15) is 0 Å². The van der Waals surface area contributed by atoms with Crippen LogP contribution in [0.1, 0.15) is 77.6 Å². The van der Waals surface area contributed by atoms with Gasteiger partial charge in [0.25, 0.3) is 0 Å². The van der Waals surface area contributed by atoms with Crippen molar-refractivity contribution in [3.63, 3.8) is 0 Å². The van der Waals surface area contributed by atoms with Gasteiger partial charge in [-0.05, 0) is 25.3 Å². The van der Waals surface area contributed by atoms with Crippen LogP contribution in [0.5, 0.6) is 0 Å². The van der Waals surface area contributed by atoms with Crippen molar-refractivity contribution in [3.05, 3.63) is 12.2 Å². The molecule has 0 heterocycles. The highest BCUT2D eigenvalue weighted by molar-refractivity contribution is 9.09. The van der Waals surface area contributed by atoms with E-state index in [1.165, 1.54) is 63.1 Å². The average molecular weight is 313 g/mol. The fourth-order valence-electron chi connectivity index (χ4n) is 1.85. The lowest BCUT2D eigenvalue weighted by Crippen LogP contribution is -1.82. The molecule has 0 radical (unpaired) electrons. The number of unbranched alkanes of at least 4 members (excludes halogenated alkanes) is 9. The van der Waals surface area contributed by atoms with E-state index in [1.807, 2.05) is 6.08 Å². The zero-order chi connectivity index (χ0) is 13.3. The Morgan fingerprint density at radius 1 is 0.833 bits per heavy atom. The smallest absolute Gasteiger partial charge is 0.00922 e. The second kappa shape index (κ2) is 16.8. The lowest BCUT2D eigenvalue weighted by atomic mass is 10.1. The first kappa shape index (κ1) is 17.8. The molecule has 0 saturated carbocycles. The number of rotatable bonds is 11. The van der Waals surface area contributed by atoms with Crippen molar-refractivity contribution < 1.29 is 0 Å². The number of hydrogen-bond donors (Lipinski definition) is 0. The minimum Gasteiger partial charge on any atom is -0.0985 e. The van der Waals surface area contributed by atoms with Crippen LogP contribution in [0.4, 0.5) is 0 Å². The summed E-state index contributed by atoms with van der Waals surface area (Å²) in [5.41, 5.74) is 0. The van der Waals surface area contributed by atoms with Crippen molar-refractivity contribution in [2.24, 2.45) is 0 Å². The fraction of sp³-hybridized carbons (Fsp3) is 0.765. The van der Waals surface area contributed by atoms with Gasteiger partial charge in [-0.2, -0.15) is 0 Å². The molecule has 0 aromatic heterocycles. The summed E-state index contributed by atoms with van der Waals surface area (Å²) in [7, 11) is 0. The minimum absolute atomic E-state index is 1.07. The van der Waals surface area contributed by atoms with Gasteiger partial charge in [0.05, 0.1) is 0 Å². The molecule has 1 heteroatoms. The monoisotopic (exact) mass is 312 g/mol. The minimum atomic E-state index is 1.07. The Morgan fingerprint density at radius 3 is 1.94 bits per heavy atom. The molecule has 0 rings (SSSR count). The quantitative estimate of drug-likeness (QED) is 0.240. The highest BCUT2D eigenvalue weighted by Gasteiger charge is 1.91. The SMILES string of the molecule is CC/C=C/C#CCCCCCCCCCCCBr. The summed E-state index contributed by atoms with van der Waals surface area (Å²) in [6.45, 7) is 2.14. The van der Waals surface area contributed by atoms with Crippen LogP contribution in [0.25, 0.3) is 0 Å². The number of alkyl halides is 1. The third-order valence-corrected chi connectivity index (χ3v) is 3.54. The molecule has 0 nitrogen and oxygen atoms in total. The third-order valence-electron chi connectivity index (χ3n) is 2.97. The standard InChI is InChI=1S/C17H29Br/c1-2-3-4-5-6-7-8-9-10-11-12-13-14-15-16-17-18/h3-4H,2,7-17H2,1H3/b4-3+. The number of allylic oxidation sites excluding steroid dienone is 2. The summed E-state index contributed by atoms with van der Waals surface area (Å²) in [4.78, 5) is 0. The van der Waals surface area contributed by atoms with E-state index in [1.54, 1.807) is 0 Å². The fourth-order valence-corrected chi connectivity index (χ4v) is 2.25. The van der Waals surface area contributed by atoms with Crippen LogP contribution < -0.4 is 0 Å². The maximum atomic E-state index is 3.47. The summed E-state index contributed by atoms with van der Waals surface area (Å²) in [6, 6.07) is 0. The molecule has 0 amide bonds. The van der Waals surface area contributed by atoms with E-state index in [0.29, 0.717) is 0 Å². The highest BCUT2D eigenvalue weighted by atomic mass is 79.9. The molecule has 0 N–H and O–H groups in total. The van der Waals surface area contributed by atoms with Crippen molar-refractivity contribution in [1.29, 1.82) is 0 Å². The van der Waals surface area contributed by atoms with Gasteiger partial charge in [0.15, 0.2) is 0 Å². The first-order chi connectivity index (χ1) is 8.91. The van der Waals surface area contributed by atoms with Crippen LogP contribution in [0.2, 0.25) is 0 Å². The predicted molar refractivity (Wildman–Crippen MR) is 87.2 cm³/mol. The van der Waals surface area contributed by atoms with Gasteiger partial charge in [0, 0.05) is 11.8 Å². The second-order valence-electron chi connectivity index (χ2n) is 4.75. The van der Waals surface area contributed by atoms with Crippen LogP contribution in [0.15, 0.2) is 12.2 Å². The molecule has 0 aromatic carbocycles. The Morgan fingerprint density at radius 2 is 1.39 bits per heavy atom. The normalized spacial score (nSPS) is 10.6. The van der Waals surface area contributed by atoms with Crippen molar-refractivity contribution in [1.82, 2.24) is 0 Å². The van der Waals surface area contributed by atoms with Crippen molar-refractivity contribution in [3.8, 4) is 11.8 Å². The molecule has 18 heavy (non-hydrogen) atoms. The first-order valence-electron chi connectivity index (χ1n) is 7.61. The van der Waals surface area contributed by atoms with E-state index in [4.69, 9.17) is 0 Å². The summed E-state index contributed by atoms with van der Waals surface area (Å²) >= 11 is 3.47. The van der Waals surface area contributed by atoms with Crippen molar-refractivity contribution in [2.45, 2.75) is 77.6 Å². The molecular formula is C17H29Br. The van der Waals surface area contributed by atoms with Crippen molar-refractivity contribution >= 4 is 15.9 Å². The number of halogens is 1. The lowest BCUT2D eigenvalue weighted by molar-refractivity contribution is 0.569. The summed E-state index contributed by atoms with van der Waals surface area (Å²) in [5.74, 6) is 6.29. The Labute approximate surface area is 123 Å². The molecule has 0 saturated heterocycles. The van der Waals surface area contributed by atoms with Gasteiger partial charge < -0.3 is 0 Å². The Balaban J connectivity index is 3.06. The zero-order valence-corrected chi connectivity index (χ0v) is 13.6. The third kappa shape index (κ3) is 15.8. The van der Waals surface area contributed by atoms with Gasteiger partial charge in [0.1, 0.15) is 0 Å². The molecule has 0 aliphatic rings. The van der Waals surface area contributed by atoms with E-state index >= 15 is 0 Å². The van der Waals surface area contributed by atoms with Gasteiger partial charge >= 0.3 is 0 Å².